The predicted octanol–water partition coefficient (Wildman–Crippen LogP) is 3.44. The molecule has 1 unspecified atom stereocenters. The second kappa shape index (κ2) is 15.8. The van der Waals surface area contributed by atoms with Crippen molar-refractivity contribution in [2.75, 3.05) is 49.5 Å². The number of nitrogens with zero attached hydrogens (tertiary/aromatic N) is 11. The van der Waals surface area contributed by atoms with Gasteiger partial charge in [0.15, 0.2) is 11.6 Å². The lowest BCUT2D eigenvalue weighted by molar-refractivity contribution is -0.136. The van der Waals surface area contributed by atoms with Crippen LogP contribution in [0.1, 0.15) is 79.9 Å². The van der Waals surface area contributed by atoms with Crippen LogP contribution in [0.25, 0.3) is 22.3 Å². The maximum atomic E-state index is 15.4. The van der Waals surface area contributed by atoms with Gasteiger partial charge in [-0.3, -0.25) is 34.2 Å². The summed E-state index contributed by atoms with van der Waals surface area (Å²) < 4.78 is 43.8. The molecule has 1 aromatic carbocycles. The predicted molar refractivity (Wildman–Crippen MR) is 226 cm³/mol. The highest BCUT2D eigenvalue weighted by atomic mass is 32.2. The molecule has 1 aliphatic carbocycles. The molecule has 0 spiro atoms. The summed E-state index contributed by atoms with van der Waals surface area (Å²) in [6.07, 6.45) is 10.1. The van der Waals surface area contributed by atoms with Crippen LogP contribution in [0, 0.1) is 5.82 Å². The van der Waals surface area contributed by atoms with Gasteiger partial charge in [0.2, 0.25) is 11.8 Å². The molecule has 10 rings (SSSR count). The summed E-state index contributed by atoms with van der Waals surface area (Å²) in [6, 6.07) is 6.59. The first-order valence-electron chi connectivity index (χ1n) is 21.3. The molecule has 4 fully saturated rings. The summed E-state index contributed by atoms with van der Waals surface area (Å²) in [5.41, 5.74) is 3.00. The fraction of sp³-hybridized carbons (Fsp3) is 0.476. The van der Waals surface area contributed by atoms with Crippen LogP contribution in [-0.4, -0.2) is 131 Å². The molecule has 4 aliphatic heterocycles. The molecular formula is C42H48FN13O5S. The molecule has 1 saturated carbocycles. The number of halogens is 1. The van der Waals surface area contributed by atoms with Gasteiger partial charge in [0, 0.05) is 87.4 Å². The van der Waals surface area contributed by atoms with Gasteiger partial charge in [-0.2, -0.15) is 14.3 Å². The van der Waals surface area contributed by atoms with Crippen LogP contribution in [0.5, 0.6) is 0 Å². The molecule has 324 valence electrons. The minimum Gasteiger partial charge on any atom is -0.352 e. The Labute approximate surface area is 357 Å². The fourth-order valence-corrected chi connectivity index (χ4v) is 10.7. The van der Waals surface area contributed by atoms with Gasteiger partial charge in [0.25, 0.3) is 15.9 Å². The van der Waals surface area contributed by atoms with Crippen LogP contribution in [0.4, 0.5) is 21.8 Å². The Bertz CT molecular complexity index is 2700. The van der Waals surface area contributed by atoms with E-state index in [4.69, 9.17) is 10.1 Å². The van der Waals surface area contributed by atoms with Crippen molar-refractivity contribution in [3.05, 3.63) is 71.6 Å². The first-order chi connectivity index (χ1) is 29.9. The van der Waals surface area contributed by atoms with E-state index in [1.807, 2.05) is 16.9 Å². The Morgan fingerprint density at radius 1 is 0.935 bits per heavy atom. The van der Waals surface area contributed by atoms with Gasteiger partial charge in [-0.05, 0) is 82.8 Å². The highest BCUT2D eigenvalue weighted by Gasteiger charge is 2.40. The van der Waals surface area contributed by atoms with Crippen molar-refractivity contribution < 1.29 is 27.2 Å². The Hall–Kier alpha value is -5.86. The van der Waals surface area contributed by atoms with Gasteiger partial charge in [0.05, 0.1) is 34.1 Å². The van der Waals surface area contributed by atoms with Crippen LogP contribution in [-0.2, 0) is 32.7 Å². The average molecular weight is 866 g/mol. The molecule has 20 heteroatoms. The minimum absolute atomic E-state index is 0.0994. The van der Waals surface area contributed by atoms with E-state index in [9.17, 15) is 22.8 Å². The summed E-state index contributed by atoms with van der Waals surface area (Å²) in [4.78, 5) is 59.6. The summed E-state index contributed by atoms with van der Waals surface area (Å²) in [5.74, 6) is 0.741. The van der Waals surface area contributed by atoms with E-state index in [2.05, 4.69) is 54.2 Å². The van der Waals surface area contributed by atoms with Crippen LogP contribution in [0.15, 0.2) is 49.1 Å². The number of likely N-dealkylation sites (tertiary alicyclic amines) is 1. The van der Waals surface area contributed by atoms with Crippen molar-refractivity contribution in [3.8, 4) is 11.4 Å². The van der Waals surface area contributed by atoms with Crippen molar-refractivity contribution in [1.82, 2.24) is 53.9 Å². The standard InChI is InChI=1S/C42H48FN13O5S/c1-25(2)56-35-19-37(47-36-7-10-44-39(48-36)28-20-46-55(24-28)62(60,61)30-3-4-30)45-21-32(35)40(50-56)53-15-13-52(14-16-53)29-8-11-51(12-9-29)22-27-17-26-23-54(42(59)31(26)18-33(27)43)34-5-6-38(57)49-41(34)58/h7,10,17-21,24-25,29-30,34H,3-6,8-9,11-16,22-23H2,1-2H3,(H,49,57,58)(H,44,45,47,48). The maximum absolute atomic E-state index is 15.4. The molecule has 2 N–H and O–H groups in total. The molecule has 8 heterocycles. The fourth-order valence-electron chi connectivity index (χ4n) is 9.23. The number of piperazine rings is 1. The molecule has 3 amide bonds. The van der Waals surface area contributed by atoms with Crippen molar-refractivity contribution in [2.45, 2.75) is 88.8 Å². The summed E-state index contributed by atoms with van der Waals surface area (Å²) in [5, 5.41) is 15.4. The van der Waals surface area contributed by atoms with Crippen LogP contribution in [0.3, 0.4) is 0 Å². The number of nitrogens with one attached hydrogen (secondary N) is 2. The highest BCUT2D eigenvalue weighted by molar-refractivity contribution is 7.90. The van der Waals surface area contributed by atoms with Crippen LogP contribution < -0.4 is 15.5 Å². The molecule has 0 bridgehead atoms. The number of amides is 3. The van der Waals surface area contributed by atoms with E-state index >= 15 is 4.39 Å². The average Bonchev–Trinajstić information content (AvgIpc) is 3.77. The number of carbonyl (C=O) groups is 3. The number of pyridine rings is 1. The number of aromatic nitrogens is 7. The van der Waals surface area contributed by atoms with Crippen LogP contribution >= 0.6 is 0 Å². The molecule has 18 nitrogen and oxygen atoms in total. The lowest BCUT2D eigenvalue weighted by Crippen LogP contribution is -2.53. The van der Waals surface area contributed by atoms with Crippen molar-refractivity contribution in [1.29, 1.82) is 0 Å². The van der Waals surface area contributed by atoms with Crippen molar-refractivity contribution >= 4 is 56.1 Å². The Balaban J connectivity index is 0.751. The zero-order valence-corrected chi connectivity index (χ0v) is 35.4. The molecule has 1 atom stereocenters. The van der Waals surface area contributed by atoms with E-state index in [0.717, 1.165) is 72.9 Å². The summed E-state index contributed by atoms with van der Waals surface area (Å²) in [7, 11) is -3.50. The van der Waals surface area contributed by atoms with Crippen molar-refractivity contribution in [2.24, 2.45) is 0 Å². The molecule has 5 aromatic rings. The van der Waals surface area contributed by atoms with E-state index < -0.39 is 27.8 Å². The summed E-state index contributed by atoms with van der Waals surface area (Å²) in [6.45, 7) is 9.98. The molecule has 3 saturated heterocycles. The second-order valence-electron chi connectivity index (χ2n) is 17.2. The number of hydrogen-bond donors (Lipinski definition) is 2. The van der Waals surface area contributed by atoms with Gasteiger partial charge in [-0.25, -0.2) is 27.8 Å². The Kier molecular flexibility index (Phi) is 10.3. The first-order valence-corrected chi connectivity index (χ1v) is 22.8. The topological polar surface area (TPSA) is 197 Å². The van der Waals surface area contributed by atoms with E-state index in [1.165, 1.54) is 23.4 Å². The number of piperidine rings is 2. The molecular weight excluding hydrogens is 818 g/mol. The molecule has 62 heavy (non-hydrogen) atoms. The number of hydrogen-bond acceptors (Lipinski definition) is 14. The molecule has 0 radical (unpaired) electrons. The number of anilines is 3. The van der Waals surface area contributed by atoms with E-state index in [-0.39, 0.29) is 48.1 Å². The van der Waals surface area contributed by atoms with Gasteiger partial charge >= 0.3 is 0 Å². The third kappa shape index (κ3) is 7.57. The number of rotatable bonds is 11. The van der Waals surface area contributed by atoms with Gasteiger partial charge in [-0.1, -0.05) is 0 Å². The SMILES string of the molecule is CC(C)n1nc(N2CCN(C3CCN(Cc4cc5c(cc4F)C(=O)N(C4CCC(=O)NC4=O)C5)CC3)CC2)c2cnc(Nc3ccnc(-c4cnn(S(=O)(=O)C5CC5)c4)n3)cc21. The van der Waals surface area contributed by atoms with E-state index in [0.29, 0.717) is 59.6 Å². The molecule has 5 aliphatic rings. The van der Waals surface area contributed by atoms with Crippen LogP contribution in [0.2, 0.25) is 0 Å². The number of benzene rings is 1. The monoisotopic (exact) mass is 865 g/mol. The van der Waals surface area contributed by atoms with Gasteiger partial charge in [0.1, 0.15) is 23.5 Å². The first kappa shape index (κ1) is 40.2. The second-order valence-corrected chi connectivity index (χ2v) is 19.3. The minimum atomic E-state index is -3.50. The number of imide groups is 1. The smallest absolute Gasteiger partial charge is 0.256 e. The molecule has 4 aromatic heterocycles. The maximum Gasteiger partial charge on any atom is 0.256 e. The third-order valence-corrected chi connectivity index (χ3v) is 14.8. The highest BCUT2D eigenvalue weighted by Crippen LogP contribution is 2.34. The summed E-state index contributed by atoms with van der Waals surface area (Å²) >= 11 is 0. The normalized spacial score (nSPS) is 20.7. The largest absolute Gasteiger partial charge is 0.352 e. The number of carbonyl (C=O) groups excluding carboxylic acids is 3. The number of fused-ring (bicyclic) bond motifs is 2. The zero-order valence-electron chi connectivity index (χ0n) is 34.6. The lowest BCUT2D eigenvalue weighted by Gasteiger charge is -2.43. The van der Waals surface area contributed by atoms with E-state index in [1.54, 1.807) is 18.3 Å². The zero-order chi connectivity index (χ0) is 42.9. The lowest BCUT2D eigenvalue weighted by atomic mass is 10.0. The van der Waals surface area contributed by atoms with Gasteiger partial charge in [-0.15, -0.1) is 0 Å². The Morgan fingerprint density at radius 2 is 1.73 bits per heavy atom. The third-order valence-electron chi connectivity index (χ3n) is 12.8. The quantitative estimate of drug-likeness (QED) is 0.183. The Morgan fingerprint density at radius 3 is 2.47 bits per heavy atom. The van der Waals surface area contributed by atoms with Crippen molar-refractivity contribution in [3.63, 3.8) is 0 Å². The van der Waals surface area contributed by atoms with Gasteiger partial charge < -0.3 is 15.1 Å².